The van der Waals surface area contributed by atoms with E-state index in [0.717, 1.165) is 116 Å². The van der Waals surface area contributed by atoms with Gasteiger partial charge >= 0.3 is 17.9 Å². The fraction of sp³-hybridized carbons (Fsp3) is 0.712. The van der Waals surface area contributed by atoms with E-state index >= 15 is 0 Å². The first-order chi connectivity index (χ1) is 39.0. The first-order valence-electron chi connectivity index (χ1n) is 33.4. The fourth-order valence-corrected chi connectivity index (χ4v) is 9.31. The molecule has 0 fully saturated rings. The molecule has 1 unspecified atom stereocenters. The van der Waals surface area contributed by atoms with E-state index in [9.17, 15) is 14.4 Å². The molecule has 6 nitrogen and oxygen atoms in total. The molecule has 0 saturated heterocycles. The maximum atomic E-state index is 12.9. The second-order valence-electron chi connectivity index (χ2n) is 22.0. The highest BCUT2D eigenvalue weighted by Gasteiger charge is 2.19. The van der Waals surface area contributed by atoms with Crippen LogP contribution in [0.15, 0.2) is 109 Å². The van der Waals surface area contributed by atoms with Gasteiger partial charge in [-0.15, -0.1) is 0 Å². The maximum Gasteiger partial charge on any atom is 0.306 e. The van der Waals surface area contributed by atoms with E-state index in [1.54, 1.807) is 0 Å². The van der Waals surface area contributed by atoms with Gasteiger partial charge in [-0.1, -0.05) is 291 Å². The molecule has 0 aliphatic carbocycles. The Morgan fingerprint density at radius 2 is 0.506 bits per heavy atom. The first-order valence-corrected chi connectivity index (χ1v) is 33.4. The van der Waals surface area contributed by atoms with Gasteiger partial charge < -0.3 is 14.2 Å². The zero-order valence-electron chi connectivity index (χ0n) is 51.9. The van der Waals surface area contributed by atoms with Gasteiger partial charge in [0.15, 0.2) is 6.10 Å². The van der Waals surface area contributed by atoms with E-state index in [0.29, 0.717) is 19.3 Å². The van der Waals surface area contributed by atoms with Gasteiger partial charge in [-0.3, -0.25) is 14.4 Å². The van der Waals surface area contributed by atoms with Crippen LogP contribution in [0.5, 0.6) is 0 Å². The molecule has 79 heavy (non-hydrogen) atoms. The van der Waals surface area contributed by atoms with Crippen LogP contribution in [0.25, 0.3) is 0 Å². The van der Waals surface area contributed by atoms with Crippen LogP contribution in [0.4, 0.5) is 0 Å². The summed E-state index contributed by atoms with van der Waals surface area (Å²) in [5.41, 5.74) is 0. The van der Waals surface area contributed by atoms with Crippen molar-refractivity contribution in [3.05, 3.63) is 109 Å². The Balaban J connectivity index is 4.31. The van der Waals surface area contributed by atoms with Gasteiger partial charge in [-0.2, -0.15) is 0 Å². The lowest BCUT2D eigenvalue weighted by Gasteiger charge is -2.18. The summed E-state index contributed by atoms with van der Waals surface area (Å²) in [6.45, 7) is 6.38. The molecule has 452 valence electrons. The SMILES string of the molecule is CC/C=C\C/C=C\C/C=C\C/C=C\C/C=C\CCCC(=O)OC(COC(=O)CCCCCCC/C=C\C/C=C\C/C=C\CC)COC(=O)CCCCCCCCCCCCCCCCCCC/C=C\CCCCCCCCCC. The molecule has 0 aliphatic rings. The molecule has 0 aromatic rings. The number of allylic oxidation sites excluding steroid dienone is 18. The number of carbonyl (C=O) groups is 3. The average molecular weight is 1100 g/mol. The molecule has 0 N–H and O–H groups in total. The van der Waals surface area contributed by atoms with E-state index < -0.39 is 6.10 Å². The van der Waals surface area contributed by atoms with Gasteiger partial charge in [0.1, 0.15) is 13.2 Å². The van der Waals surface area contributed by atoms with Crippen molar-refractivity contribution >= 4 is 17.9 Å². The normalized spacial score (nSPS) is 12.8. The van der Waals surface area contributed by atoms with Crippen LogP contribution in [-0.4, -0.2) is 37.2 Å². The number of hydrogen-bond donors (Lipinski definition) is 0. The Morgan fingerprint density at radius 3 is 0.823 bits per heavy atom. The zero-order valence-corrected chi connectivity index (χ0v) is 51.9. The molecule has 0 aromatic carbocycles. The van der Waals surface area contributed by atoms with Crippen molar-refractivity contribution in [2.75, 3.05) is 13.2 Å². The van der Waals surface area contributed by atoms with Crippen LogP contribution in [0.1, 0.15) is 316 Å². The van der Waals surface area contributed by atoms with Gasteiger partial charge in [-0.25, -0.2) is 0 Å². The second kappa shape index (κ2) is 66.6. The Morgan fingerprint density at radius 1 is 0.266 bits per heavy atom. The Kier molecular flexibility index (Phi) is 63.3. The lowest BCUT2D eigenvalue weighted by molar-refractivity contribution is -0.167. The quantitative estimate of drug-likeness (QED) is 0.0261. The van der Waals surface area contributed by atoms with Crippen molar-refractivity contribution in [1.29, 1.82) is 0 Å². The average Bonchev–Trinajstić information content (AvgIpc) is 3.45. The van der Waals surface area contributed by atoms with Gasteiger partial charge in [0.05, 0.1) is 0 Å². The number of ether oxygens (including phenoxy) is 3. The highest BCUT2D eigenvalue weighted by Crippen LogP contribution is 2.17. The Hall–Kier alpha value is -3.93. The van der Waals surface area contributed by atoms with E-state index in [2.05, 4.69) is 130 Å². The largest absolute Gasteiger partial charge is 0.462 e. The van der Waals surface area contributed by atoms with E-state index in [-0.39, 0.29) is 37.5 Å². The predicted octanol–water partition coefficient (Wildman–Crippen LogP) is 23.0. The molecule has 0 aliphatic heterocycles. The lowest BCUT2D eigenvalue weighted by Crippen LogP contribution is -2.30. The molecule has 0 saturated carbocycles. The standard InChI is InChI=1S/C73H124O6/c1-4-7-10-13-16-19-22-25-28-30-31-32-33-34-35-36-37-38-39-40-41-43-45-48-51-54-57-60-63-66-72(75)78-69-70(68-77-71(74)65-62-59-56-53-50-47-44-27-24-21-18-15-12-9-6-3)79-73(76)67-64-61-58-55-52-49-46-42-29-26-23-20-17-14-11-8-5-2/h8-9,11-12,17-18,20-21,26-27,29-31,44,46,49,55,58,70H,4-7,10,13-16,19,22-25,28,32-43,45,47-48,50-54,56-57,59-69H2,1-3H3/b11-8-,12-9-,20-17-,21-18-,29-26-,31-30-,44-27-,49-46-,58-55-. The van der Waals surface area contributed by atoms with Crippen molar-refractivity contribution < 1.29 is 28.6 Å². The smallest absolute Gasteiger partial charge is 0.306 e. The third-order valence-corrected chi connectivity index (χ3v) is 14.2. The molecular formula is C73H124O6. The number of carbonyl (C=O) groups excluding carboxylic acids is 3. The summed E-state index contributed by atoms with van der Waals surface area (Å²) in [6, 6.07) is 0. The van der Waals surface area contributed by atoms with Gasteiger partial charge in [0.25, 0.3) is 0 Å². The van der Waals surface area contributed by atoms with Gasteiger partial charge in [-0.05, 0) is 116 Å². The highest BCUT2D eigenvalue weighted by atomic mass is 16.6. The van der Waals surface area contributed by atoms with Crippen molar-refractivity contribution in [2.24, 2.45) is 0 Å². The lowest BCUT2D eigenvalue weighted by atomic mass is 10.0. The minimum Gasteiger partial charge on any atom is -0.462 e. The van der Waals surface area contributed by atoms with Crippen molar-refractivity contribution in [3.8, 4) is 0 Å². The van der Waals surface area contributed by atoms with Crippen LogP contribution in [-0.2, 0) is 28.6 Å². The molecule has 0 bridgehead atoms. The summed E-state index contributed by atoms with van der Waals surface area (Å²) in [5.74, 6) is -0.974. The van der Waals surface area contributed by atoms with E-state index in [1.807, 2.05) is 0 Å². The molecule has 0 amide bonds. The highest BCUT2D eigenvalue weighted by molar-refractivity contribution is 5.71. The second-order valence-corrected chi connectivity index (χ2v) is 22.0. The molecule has 0 aromatic heterocycles. The van der Waals surface area contributed by atoms with Crippen molar-refractivity contribution in [1.82, 2.24) is 0 Å². The summed E-state index contributed by atoms with van der Waals surface area (Å²) in [5, 5.41) is 0. The predicted molar refractivity (Wildman–Crippen MR) is 343 cm³/mol. The topological polar surface area (TPSA) is 78.9 Å². The third kappa shape index (κ3) is 64.8. The Bertz CT molecular complexity index is 1590. The maximum absolute atomic E-state index is 12.9. The van der Waals surface area contributed by atoms with Crippen LogP contribution < -0.4 is 0 Å². The van der Waals surface area contributed by atoms with Crippen LogP contribution in [0, 0.1) is 0 Å². The molecule has 0 heterocycles. The van der Waals surface area contributed by atoms with Crippen molar-refractivity contribution in [3.63, 3.8) is 0 Å². The fourth-order valence-electron chi connectivity index (χ4n) is 9.31. The minimum absolute atomic E-state index is 0.106. The third-order valence-electron chi connectivity index (χ3n) is 14.2. The van der Waals surface area contributed by atoms with Gasteiger partial charge in [0, 0.05) is 19.3 Å². The van der Waals surface area contributed by atoms with Crippen LogP contribution in [0.3, 0.4) is 0 Å². The van der Waals surface area contributed by atoms with Crippen LogP contribution in [0.2, 0.25) is 0 Å². The zero-order chi connectivity index (χ0) is 57.1. The molecule has 1 atom stereocenters. The minimum atomic E-state index is -0.817. The number of unbranched alkanes of at least 4 members (excludes halogenated alkanes) is 31. The summed E-state index contributed by atoms with van der Waals surface area (Å²) >= 11 is 0. The molecule has 0 spiro atoms. The Labute approximate surface area is 489 Å². The number of hydrogen-bond acceptors (Lipinski definition) is 6. The summed E-state index contributed by atoms with van der Waals surface area (Å²) < 4.78 is 16.9. The van der Waals surface area contributed by atoms with Crippen molar-refractivity contribution in [2.45, 2.75) is 322 Å². The number of rotatable bonds is 60. The van der Waals surface area contributed by atoms with E-state index in [1.165, 1.54) is 154 Å². The summed E-state index contributed by atoms with van der Waals surface area (Å²) in [7, 11) is 0. The number of esters is 3. The van der Waals surface area contributed by atoms with E-state index in [4.69, 9.17) is 14.2 Å². The monoisotopic (exact) mass is 1100 g/mol. The van der Waals surface area contributed by atoms with Gasteiger partial charge in [0.2, 0.25) is 0 Å². The molecule has 0 radical (unpaired) electrons. The summed E-state index contributed by atoms with van der Waals surface area (Å²) in [6.07, 6.45) is 91.3. The first kappa shape index (κ1) is 75.1. The molecule has 6 heteroatoms. The molecular weight excluding hydrogens is 973 g/mol. The summed E-state index contributed by atoms with van der Waals surface area (Å²) in [4.78, 5) is 38.3. The van der Waals surface area contributed by atoms with Crippen LogP contribution >= 0.6 is 0 Å². The molecule has 0 rings (SSSR count).